The van der Waals surface area contributed by atoms with Crippen molar-refractivity contribution in [2.75, 3.05) is 11.9 Å². The molecule has 0 amide bonds. The molecule has 0 saturated heterocycles. The molecule has 0 aliphatic rings. The van der Waals surface area contributed by atoms with Gasteiger partial charge < -0.3 is 5.32 Å². The highest BCUT2D eigenvalue weighted by Gasteiger charge is 2.04. The average molecular weight is 214 g/mol. The Morgan fingerprint density at radius 2 is 2.19 bits per heavy atom. The van der Waals surface area contributed by atoms with Crippen LogP contribution in [0.25, 0.3) is 10.8 Å². The van der Waals surface area contributed by atoms with Gasteiger partial charge in [-0.05, 0) is 31.5 Å². The van der Waals surface area contributed by atoms with Crippen molar-refractivity contribution in [3.8, 4) is 0 Å². The summed E-state index contributed by atoms with van der Waals surface area (Å²) in [6, 6.07) is 8.98. The van der Waals surface area contributed by atoms with Gasteiger partial charge in [-0.25, -0.2) is 0 Å². The fourth-order valence-electron chi connectivity index (χ4n) is 1.68. The van der Waals surface area contributed by atoms with Gasteiger partial charge in [0, 0.05) is 17.3 Å². The molecule has 0 unspecified atom stereocenters. The summed E-state index contributed by atoms with van der Waals surface area (Å²) in [5.74, 6) is 0.878. The van der Waals surface area contributed by atoms with Crippen molar-refractivity contribution in [2.24, 2.45) is 0 Å². The average Bonchev–Trinajstić information content (AvgIpc) is 2.33. The number of nitrogens with one attached hydrogen (secondary N) is 1. The molecule has 2 aromatic rings. The number of nitrogens with zero attached hydrogens (tertiary/aromatic N) is 2. The number of fused-ring (bicyclic) bond motifs is 1. The maximum atomic E-state index is 4.20. The first-order valence-corrected chi connectivity index (χ1v) is 5.70. The third-order valence-corrected chi connectivity index (χ3v) is 2.63. The van der Waals surface area contributed by atoms with Gasteiger partial charge in [-0.1, -0.05) is 19.4 Å². The molecule has 3 heteroatoms. The highest BCUT2D eigenvalue weighted by atomic mass is 15.2. The molecular weight excluding hydrogens is 198 g/mol. The molecule has 1 aromatic carbocycles. The zero-order valence-corrected chi connectivity index (χ0v) is 9.75. The van der Waals surface area contributed by atoms with Gasteiger partial charge in [0.25, 0.3) is 0 Å². The zero-order chi connectivity index (χ0) is 11.4. The smallest absolute Gasteiger partial charge is 0.156 e. The minimum absolute atomic E-state index is 0.878. The molecule has 1 aromatic heterocycles. The van der Waals surface area contributed by atoms with Crippen LogP contribution in [0.4, 0.5) is 5.82 Å². The summed E-state index contributed by atoms with van der Waals surface area (Å²) < 4.78 is 0. The summed E-state index contributed by atoms with van der Waals surface area (Å²) in [6.45, 7) is 5.09. The van der Waals surface area contributed by atoms with Gasteiger partial charge in [0.05, 0.1) is 5.69 Å². The van der Waals surface area contributed by atoms with Crippen LogP contribution in [0, 0.1) is 13.0 Å². The third kappa shape index (κ3) is 2.13. The Morgan fingerprint density at radius 3 is 3.00 bits per heavy atom. The van der Waals surface area contributed by atoms with Gasteiger partial charge in [0.15, 0.2) is 5.82 Å². The lowest BCUT2D eigenvalue weighted by Crippen LogP contribution is -2.05. The number of aryl methyl sites for hydroxylation is 1. The van der Waals surface area contributed by atoms with Crippen molar-refractivity contribution >= 4 is 16.6 Å². The minimum Gasteiger partial charge on any atom is -0.368 e. The topological polar surface area (TPSA) is 37.8 Å². The molecule has 0 fully saturated rings. The monoisotopic (exact) mass is 214 g/mol. The number of hydrogen-bond donors (Lipinski definition) is 1. The normalized spacial score (nSPS) is 10.6. The first-order chi connectivity index (χ1) is 7.83. The molecule has 16 heavy (non-hydrogen) atoms. The third-order valence-electron chi connectivity index (χ3n) is 2.63. The van der Waals surface area contributed by atoms with Crippen molar-refractivity contribution in [1.29, 1.82) is 0 Å². The van der Waals surface area contributed by atoms with E-state index in [2.05, 4.69) is 28.5 Å². The highest BCUT2D eigenvalue weighted by Crippen LogP contribution is 2.21. The molecule has 2 rings (SSSR count). The molecule has 0 atom stereocenters. The van der Waals surface area contributed by atoms with Gasteiger partial charge in [0.1, 0.15) is 0 Å². The van der Waals surface area contributed by atoms with Crippen LogP contribution in [0.15, 0.2) is 18.2 Å². The second kappa shape index (κ2) is 4.92. The number of rotatable bonds is 4. The molecule has 1 N–H and O–H groups in total. The Labute approximate surface area is 95.9 Å². The van der Waals surface area contributed by atoms with E-state index >= 15 is 0 Å². The molecule has 1 radical (unpaired) electrons. The highest BCUT2D eigenvalue weighted by molar-refractivity contribution is 5.92. The molecule has 1 heterocycles. The van der Waals surface area contributed by atoms with Crippen molar-refractivity contribution in [2.45, 2.75) is 26.7 Å². The Balaban J connectivity index is 2.35. The predicted octanol–water partition coefficient (Wildman–Crippen LogP) is 2.95. The first kappa shape index (κ1) is 10.9. The largest absolute Gasteiger partial charge is 0.368 e. The molecular formula is C13H16N3. The van der Waals surface area contributed by atoms with E-state index < -0.39 is 0 Å². The molecule has 0 saturated carbocycles. The molecule has 0 spiro atoms. The SMILES string of the molecule is CCCCNc1nnc(C)c2c[c]ccc12. The van der Waals surface area contributed by atoms with Gasteiger partial charge in [0.2, 0.25) is 0 Å². The lowest BCUT2D eigenvalue weighted by molar-refractivity contribution is 0.827. The van der Waals surface area contributed by atoms with Gasteiger partial charge in [-0.15, -0.1) is 5.10 Å². The van der Waals surface area contributed by atoms with E-state index in [0.29, 0.717) is 0 Å². The standard InChI is InChI=1S/C13H16N3/c1-3-4-9-14-13-12-8-6-5-7-11(12)10(2)15-16-13/h6-8H,3-4,9H2,1-2H3,(H,14,16). The molecule has 3 nitrogen and oxygen atoms in total. The van der Waals surface area contributed by atoms with Crippen LogP contribution >= 0.6 is 0 Å². The van der Waals surface area contributed by atoms with Crippen molar-refractivity contribution in [3.63, 3.8) is 0 Å². The van der Waals surface area contributed by atoms with E-state index in [4.69, 9.17) is 0 Å². The minimum atomic E-state index is 0.878. The van der Waals surface area contributed by atoms with Gasteiger partial charge >= 0.3 is 0 Å². The van der Waals surface area contributed by atoms with Crippen LogP contribution in [-0.2, 0) is 0 Å². The number of anilines is 1. The summed E-state index contributed by atoms with van der Waals surface area (Å²) in [4.78, 5) is 0. The molecule has 83 valence electrons. The van der Waals surface area contributed by atoms with Crippen molar-refractivity contribution in [3.05, 3.63) is 30.0 Å². The van der Waals surface area contributed by atoms with E-state index in [1.807, 2.05) is 25.1 Å². The summed E-state index contributed by atoms with van der Waals surface area (Å²) >= 11 is 0. The predicted molar refractivity (Wildman–Crippen MR) is 66.5 cm³/mol. The lowest BCUT2D eigenvalue weighted by atomic mass is 10.1. The summed E-state index contributed by atoms with van der Waals surface area (Å²) in [5, 5.41) is 13.9. The van der Waals surface area contributed by atoms with Crippen LogP contribution in [0.3, 0.4) is 0 Å². The second-order valence-corrected chi connectivity index (χ2v) is 3.89. The van der Waals surface area contributed by atoms with E-state index in [9.17, 15) is 0 Å². The maximum absolute atomic E-state index is 4.20. The molecule has 0 aliphatic carbocycles. The first-order valence-electron chi connectivity index (χ1n) is 5.70. The Kier molecular flexibility index (Phi) is 3.34. The van der Waals surface area contributed by atoms with Crippen LogP contribution in [0.2, 0.25) is 0 Å². The van der Waals surface area contributed by atoms with E-state index in [-0.39, 0.29) is 0 Å². The fraction of sp³-hybridized carbons (Fsp3) is 0.385. The lowest BCUT2D eigenvalue weighted by Gasteiger charge is -2.08. The fourth-order valence-corrected chi connectivity index (χ4v) is 1.68. The van der Waals surface area contributed by atoms with Crippen LogP contribution < -0.4 is 5.32 Å². The summed E-state index contributed by atoms with van der Waals surface area (Å²) in [7, 11) is 0. The van der Waals surface area contributed by atoms with Gasteiger partial charge in [-0.3, -0.25) is 0 Å². The number of unbranched alkanes of at least 4 members (excludes halogenated alkanes) is 1. The molecule has 0 bridgehead atoms. The maximum Gasteiger partial charge on any atom is 0.156 e. The quantitative estimate of drug-likeness (QED) is 0.795. The summed E-state index contributed by atoms with van der Waals surface area (Å²) in [5.41, 5.74) is 0.952. The van der Waals surface area contributed by atoms with Crippen molar-refractivity contribution in [1.82, 2.24) is 10.2 Å². The number of aromatic nitrogens is 2. The van der Waals surface area contributed by atoms with Gasteiger partial charge in [-0.2, -0.15) is 5.10 Å². The Morgan fingerprint density at radius 1 is 1.31 bits per heavy atom. The Bertz CT molecular complexity index is 480. The molecule has 0 aliphatic heterocycles. The van der Waals surface area contributed by atoms with Crippen molar-refractivity contribution < 1.29 is 0 Å². The number of hydrogen-bond acceptors (Lipinski definition) is 3. The van der Waals surface area contributed by atoms with Crippen LogP contribution in [0.5, 0.6) is 0 Å². The number of benzene rings is 1. The summed E-state index contributed by atoms with van der Waals surface area (Å²) in [6.07, 6.45) is 2.33. The van der Waals surface area contributed by atoms with E-state index in [1.54, 1.807) is 0 Å². The van der Waals surface area contributed by atoms with Crippen LogP contribution in [0.1, 0.15) is 25.5 Å². The second-order valence-electron chi connectivity index (χ2n) is 3.89. The van der Waals surface area contributed by atoms with E-state index in [1.165, 1.54) is 6.42 Å². The van der Waals surface area contributed by atoms with E-state index in [0.717, 1.165) is 35.2 Å². The van der Waals surface area contributed by atoms with Crippen LogP contribution in [-0.4, -0.2) is 16.7 Å². The Hall–Kier alpha value is -1.64. The zero-order valence-electron chi connectivity index (χ0n) is 9.75.